The zero-order valence-electron chi connectivity index (χ0n) is 12.2. The molecule has 2 aromatic rings. The molecule has 21 heavy (non-hydrogen) atoms. The summed E-state index contributed by atoms with van der Waals surface area (Å²) in [5.41, 5.74) is 0. The van der Waals surface area contributed by atoms with Gasteiger partial charge in [0.1, 0.15) is 0 Å². The molecule has 0 spiro atoms. The average Bonchev–Trinajstić information content (AvgIpc) is 2.57. The maximum Gasteiger partial charge on any atom is 0.261 e. The lowest BCUT2D eigenvalue weighted by atomic mass is 9.98. The van der Waals surface area contributed by atoms with Gasteiger partial charge in [-0.15, -0.1) is 0 Å². The van der Waals surface area contributed by atoms with E-state index in [2.05, 4.69) is 0 Å². The van der Waals surface area contributed by atoms with E-state index in [1.807, 2.05) is 60.7 Å². The molecule has 1 aliphatic rings. The van der Waals surface area contributed by atoms with E-state index in [9.17, 15) is 4.57 Å². The summed E-state index contributed by atoms with van der Waals surface area (Å²) in [6.45, 7) is 0. The van der Waals surface area contributed by atoms with Gasteiger partial charge in [-0.2, -0.15) is 0 Å². The Morgan fingerprint density at radius 1 is 0.762 bits per heavy atom. The molecule has 0 aliphatic heterocycles. The van der Waals surface area contributed by atoms with Crippen LogP contribution >= 0.6 is 7.37 Å². The molecule has 1 fully saturated rings. The molecular formula is C18H21O2P. The van der Waals surface area contributed by atoms with Crippen LogP contribution in [0.15, 0.2) is 60.7 Å². The number of rotatable bonds is 4. The largest absolute Gasteiger partial charge is 0.319 e. The maximum absolute atomic E-state index is 13.7. The SMILES string of the molecule is O=P(OC1CCCCC1)(c1ccccc1)c1ccccc1. The molecule has 0 amide bonds. The van der Waals surface area contributed by atoms with Gasteiger partial charge in [-0.1, -0.05) is 55.7 Å². The van der Waals surface area contributed by atoms with E-state index in [1.54, 1.807) is 0 Å². The van der Waals surface area contributed by atoms with Crippen LogP contribution in [0.1, 0.15) is 32.1 Å². The Hall–Kier alpha value is -1.37. The lowest BCUT2D eigenvalue weighted by Gasteiger charge is -2.28. The molecule has 2 aromatic carbocycles. The van der Waals surface area contributed by atoms with Crippen molar-refractivity contribution in [3.63, 3.8) is 0 Å². The second-order valence-electron chi connectivity index (χ2n) is 5.59. The van der Waals surface area contributed by atoms with Crippen LogP contribution in [-0.2, 0) is 9.09 Å². The Morgan fingerprint density at radius 3 is 1.71 bits per heavy atom. The van der Waals surface area contributed by atoms with Crippen molar-refractivity contribution >= 4 is 18.0 Å². The number of benzene rings is 2. The quantitative estimate of drug-likeness (QED) is 0.788. The topological polar surface area (TPSA) is 26.3 Å². The highest BCUT2D eigenvalue weighted by atomic mass is 31.2. The third-order valence-electron chi connectivity index (χ3n) is 4.04. The third-order valence-corrected chi connectivity index (χ3v) is 6.59. The highest BCUT2D eigenvalue weighted by Crippen LogP contribution is 2.47. The molecule has 1 saturated carbocycles. The molecule has 3 heteroatoms. The number of hydrogen-bond acceptors (Lipinski definition) is 2. The minimum Gasteiger partial charge on any atom is -0.319 e. The van der Waals surface area contributed by atoms with Crippen LogP contribution in [0.5, 0.6) is 0 Å². The van der Waals surface area contributed by atoms with Crippen LogP contribution in [0.25, 0.3) is 0 Å². The van der Waals surface area contributed by atoms with Crippen LogP contribution in [0.2, 0.25) is 0 Å². The predicted molar refractivity (Wildman–Crippen MR) is 87.7 cm³/mol. The first-order valence-corrected chi connectivity index (χ1v) is 9.31. The Balaban J connectivity index is 1.96. The van der Waals surface area contributed by atoms with Crippen molar-refractivity contribution in [3.05, 3.63) is 60.7 Å². The van der Waals surface area contributed by atoms with Crippen molar-refractivity contribution in [2.45, 2.75) is 38.2 Å². The van der Waals surface area contributed by atoms with E-state index in [1.165, 1.54) is 19.3 Å². The van der Waals surface area contributed by atoms with Gasteiger partial charge in [0.15, 0.2) is 0 Å². The summed E-state index contributed by atoms with van der Waals surface area (Å²) in [6.07, 6.45) is 5.77. The van der Waals surface area contributed by atoms with Crippen LogP contribution in [0.3, 0.4) is 0 Å². The summed E-state index contributed by atoms with van der Waals surface area (Å²) in [6, 6.07) is 19.2. The maximum atomic E-state index is 13.7. The normalized spacial score (nSPS) is 16.8. The highest BCUT2D eigenvalue weighted by Gasteiger charge is 2.32. The molecule has 3 rings (SSSR count). The molecule has 0 N–H and O–H groups in total. The van der Waals surface area contributed by atoms with Crippen molar-refractivity contribution in [1.82, 2.24) is 0 Å². The average molecular weight is 300 g/mol. The third kappa shape index (κ3) is 3.28. The standard InChI is InChI=1S/C18H21O2P/c19-21(17-12-6-2-7-13-17,18-14-8-3-9-15-18)20-16-10-4-1-5-11-16/h2-3,6-9,12-16H,1,4-5,10-11H2. The van der Waals surface area contributed by atoms with Gasteiger partial charge in [0.2, 0.25) is 0 Å². The summed E-state index contributed by atoms with van der Waals surface area (Å²) < 4.78 is 19.9. The smallest absolute Gasteiger partial charge is 0.261 e. The molecule has 0 unspecified atom stereocenters. The Kier molecular flexibility index (Phi) is 4.57. The van der Waals surface area contributed by atoms with Gasteiger partial charge in [0, 0.05) is 10.6 Å². The van der Waals surface area contributed by atoms with E-state index in [-0.39, 0.29) is 6.10 Å². The Morgan fingerprint density at radius 2 is 1.24 bits per heavy atom. The van der Waals surface area contributed by atoms with Crippen LogP contribution in [-0.4, -0.2) is 6.10 Å². The second kappa shape index (κ2) is 6.60. The fourth-order valence-corrected chi connectivity index (χ4v) is 5.20. The second-order valence-corrected chi connectivity index (χ2v) is 7.93. The molecule has 0 saturated heterocycles. The summed E-state index contributed by atoms with van der Waals surface area (Å²) >= 11 is 0. The van der Waals surface area contributed by atoms with Gasteiger partial charge in [-0.25, -0.2) is 0 Å². The van der Waals surface area contributed by atoms with E-state index in [4.69, 9.17) is 4.52 Å². The van der Waals surface area contributed by atoms with Gasteiger partial charge in [0.25, 0.3) is 7.37 Å². The molecule has 1 aliphatic carbocycles. The van der Waals surface area contributed by atoms with Gasteiger partial charge in [-0.05, 0) is 37.1 Å². The first-order chi connectivity index (χ1) is 10.3. The lowest BCUT2D eigenvalue weighted by Crippen LogP contribution is -2.24. The van der Waals surface area contributed by atoms with Gasteiger partial charge >= 0.3 is 0 Å². The van der Waals surface area contributed by atoms with Gasteiger partial charge < -0.3 is 4.52 Å². The fourth-order valence-electron chi connectivity index (χ4n) is 2.90. The summed E-state index contributed by atoms with van der Waals surface area (Å²) in [7, 11) is -2.99. The van der Waals surface area contributed by atoms with Crippen molar-refractivity contribution in [1.29, 1.82) is 0 Å². The molecule has 0 aromatic heterocycles. The summed E-state index contributed by atoms with van der Waals surface area (Å²) in [4.78, 5) is 0. The Labute approximate surface area is 126 Å². The van der Waals surface area contributed by atoms with Crippen LogP contribution < -0.4 is 10.6 Å². The monoisotopic (exact) mass is 300 g/mol. The fraction of sp³-hybridized carbons (Fsp3) is 0.333. The minimum atomic E-state index is -2.99. The molecule has 110 valence electrons. The molecule has 0 radical (unpaired) electrons. The van der Waals surface area contributed by atoms with Crippen molar-refractivity contribution < 1.29 is 9.09 Å². The van der Waals surface area contributed by atoms with Gasteiger partial charge in [-0.3, -0.25) is 4.57 Å². The van der Waals surface area contributed by atoms with Crippen LogP contribution in [0.4, 0.5) is 0 Å². The van der Waals surface area contributed by atoms with E-state index < -0.39 is 7.37 Å². The predicted octanol–water partition coefficient (Wildman–Crippen LogP) is 4.26. The summed E-state index contributed by atoms with van der Waals surface area (Å²) in [5.74, 6) is 0. The zero-order chi connectivity index (χ0) is 14.5. The van der Waals surface area contributed by atoms with Crippen molar-refractivity contribution in [2.75, 3.05) is 0 Å². The molecule has 0 heterocycles. The first-order valence-electron chi connectivity index (χ1n) is 7.69. The summed E-state index contributed by atoms with van der Waals surface area (Å²) in [5, 5.41) is 1.59. The number of hydrogen-bond donors (Lipinski definition) is 0. The van der Waals surface area contributed by atoms with E-state index >= 15 is 0 Å². The van der Waals surface area contributed by atoms with E-state index in [0.717, 1.165) is 23.5 Å². The Bertz CT molecular complexity index is 560. The minimum absolute atomic E-state index is 0.116. The lowest BCUT2D eigenvalue weighted by molar-refractivity contribution is 0.164. The molecule has 0 bridgehead atoms. The molecular weight excluding hydrogens is 279 g/mol. The van der Waals surface area contributed by atoms with Gasteiger partial charge in [0.05, 0.1) is 6.10 Å². The first kappa shape index (κ1) is 14.6. The van der Waals surface area contributed by atoms with Crippen molar-refractivity contribution in [2.24, 2.45) is 0 Å². The highest BCUT2D eigenvalue weighted by molar-refractivity contribution is 7.74. The van der Waals surface area contributed by atoms with Crippen LogP contribution in [0, 0.1) is 0 Å². The molecule has 2 nitrogen and oxygen atoms in total. The zero-order valence-corrected chi connectivity index (χ0v) is 13.0. The van der Waals surface area contributed by atoms with E-state index in [0.29, 0.717) is 0 Å². The van der Waals surface area contributed by atoms with Crippen molar-refractivity contribution in [3.8, 4) is 0 Å². The molecule has 0 atom stereocenters.